The number of fused-ring (bicyclic) bond motifs is 6. The number of hydrogen-bond acceptors (Lipinski definition) is 10. The molecular formula is C94H104N2S8. The van der Waals surface area contributed by atoms with Gasteiger partial charge in [0.25, 0.3) is 0 Å². The normalized spacial score (nSPS) is 13.2. The number of thiol groups is 4. The van der Waals surface area contributed by atoms with E-state index in [1.807, 2.05) is 47.0 Å². The molecule has 0 amide bonds. The van der Waals surface area contributed by atoms with Crippen molar-refractivity contribution in [3.8, 4) is 22.3 Å². The second-order valence-corrected chi connectivity index (χ2v) is 35.6. The summed E-state index contributed by atoms with van der Waals surface area (Å²) in [6.07, 6.45) is 17.6. The van der Waals surface area contributed by atoms with Crippen molar-refractivity contribution in [3.63, 3.8) is 0 Å². The van der Waals surface area contributed by atoms with Crippen molar-refractivity contribution in [2.24, 2.45) is 0 Å². The van der Waals surface area contributed by atoms with Gasteiger partial charge in [-0.25, -0.2) is 0 Å². The zero-order chi connectivity index (χ0) is 72.4. The van der Waals surface area contributed by atoms with Gasteiger partial charge in [0.1, 0.15) is 0 Å². The number of hydrogen-bond donors (Lipinski definition) is 4. The van der Waals surface area contributed by atoms with Gasteiger partial charge >= 0.3 is 0 Å². The SMILES string of the molecule is CCCCSc1cc(C(S)CCC)cc(N(c2cc(SCCCC)cc(C(S)CCC)c2)c2ccc3c4c(-c5ccccc5)c5c6cccc7c(N(c8cc(SCCCC)cc(C(S)CCC)c8)c8cc(SCCCC)cc(C(S)CCC)c8)ccc(c5c(-c5ccccc5)c4c4cccc2c43)c76)c1. The van der Waals surface area contributed by atoms with Crippen molar-refractivity contribution >= 4 is 196 Å². The lowest BCUT2D eigenvalue weighted by Crippen LogP contribution is -2.12. The summed E-state index contributed by atoms with van der Waals surface area (Å²) >= 11 is 29.5. The molecule has 13 rings (SSSR count). The predicted molar refractivity (Wildman–Crippen MR) is 483 cm³/mol. The van der Waals surface area contributed by atoms with Crippen LogP contribution in [-0.4, -0.2) is 23.0 Å². The lowest BCUT2D eigenvalue weighted by Gasteiger charge is -2.30. The Kier molecular flexibility index (Phi) is 26.5. The van der Waals surface area contributed by atoms with Crippen molar-refractivity contribution in [1.29, 1.82) is 0 Å². The number of unbranched alkanes of at least 4 members (excludes halogenated alkanes) is 4. The summed E-state index contributed by atoms with van der Waals surface area (Å²) in [7, 11) is 0. The van der Waals surface area contributed by atoms with E-state index in [2.05, 4.69) is 259 Å². The van der Waals surface area contributed by atoms with Crippen LogP contribution in [0.5, 0.6) is 0 Å². The van der Waals surface area contributed by atoms with Gasteiger partial charge in [0, 0.05) is 74.1 Å². The lowest BCUT2D eigenvalue weighted by molar-refractivity contribution is 0.780. The molecule has 0 heterocycles. The third-order valence-corrected chi connectivity index (χ3v) is 27.2. The molecule has 0 aromatic heterocycles. The first-order valence-electron chi connectivity index (χ1n) is 38.8. The van der Waals surface area contributed by atoms with Crippen LogP contribution in [0, 0.1) is 0 Å². The Bertz CT molecular complexity index is 4520. The molecular weight excluding hydrogens is 1410 g/mol. The van der Waals surface area contributed by atoms with Crippen LogP contribution in [0.25, 0.3) is 86.9 Å². The molecule has 538 valence electrons. The highest BCUT2D eigenvalue weighted by Crippen LogP contribution is 2.59. The Morgan fingerprint density at radius 1 is 0.269 bits per heavy atom. The molecule has 10 heteroatoms. The Labute approximate surface area is 660 Å². The van der Waals surface area contributed by atoms with E-state index in [9.17, 15) is 0 Å². The Morgan fingerprint density at radius 3 is 0.808 bits per heavy atom. The number of rotatable bonds is 36. The van der Waals surface area contributed by atoms with E-state index >= 15 is 0 Å². The summed E-state index contributed by atoms with van der Waals surface area (Å²) in [5.74, 6) is 4.28. The van der Waals surface area contributed by atoms with Crippen LogP contribution < -0.4 is 9.80 Å². The quantitative estimate of drug-likeness (QED) is 0.0175. The van der Waals surface area contributed by atoms with Crippen molar-refractivity contribution < 1.29 is 0 Å². The number of nitrogens with zero attached hydrogens (tertiary/aromatic N) is 2. The third-order valence-electron chi connectivity index (χ3n) is 20.8. The van der Waals surface area contributed by atoms with E-state index in [1.165, 1.54) is 189 Å². The fourth-order valence-electron chi connectivity index (χ4n) is 15.6. The number of benzene rings is 11. The summed E-state index contributed by atoms with van der Waals surface area (Å²) in [6.45, 7) is 18.3. The predicted octanol–water partition coefficient (Wildman–Crippen LogP) is 32.4. The molecule has 0 fully saturated rings. The number of thioether (sulfide) groups is 4. The molecule has 0 aliphatic rings. The fourth-order valence-corrected chi connectivity index (χ4v) is 21.6. The topological polar surface area (TPSA) is 6.48 Å². The van der Waals surface area contributed by atoms with Crippen molar-refractivity contribution in [3.05, 3.63) is 216 Å². The second-order valence-electron chi connectivity index (χ2n) is 28.4. The highest BCUT2D eigenvalue weighted by atomic mass is 32.2. The lowest BCUT2D eigenvalue weighted by atomic mass is 9.87. The third kappa shape index (κ3) is 16.2. The second kappa shape index (κ2) is 36.0. The average molecular weight is 1520 g/mol. The maximum atomic E-state index is 5.40. The minimum atomic E-state index is 0.103. The van der Waals surface area contributed by atoms with Gasteiger partial charge in [-0.3, -0.25) is 0 Å². The molecule has 4 atom stereocenters. The van der Waals surface area contributed by atoms with Crippen LogP contribution in [0.3, 0.4) is 0 Å². The summed E-state index contributed by atoms with van der Waals surface area (Å²) in [4.78, 5) is 10.4. The van der Waals surface area contributed by atoms with Crippen molar-refractivity contribution in [1.82, 2.24) is 0 Å². The first-order chi connectivity index (χ1) is 50.9. The molecule has 4 unspecified atom stereocenters. The van der Waals surface area contributed by atoms with Crippen LogP contribution in [0.1, 0.15) is 201 Å². The van der Waals surface area contributed by atoms with Gasteiger partial charge in [-0.15, -0.1) is 47.0 Å². The van der Waals surface area contributed by atoms with Crippen LogP contribution in [-0.2, 0) is 0 Å². The summed E-state index contributed by atoms with van der Waals surface area (Å²) < 4.78 is 0. The molecule has 0 saturated carbocycles. The summed E-state index contributed by atoms with van der Waals surface area (Å²) in [5, 5.41) is 15.7. The van der Waals surface area contributed by atoms with Crippen molar-refractivity contribution in [2.45, 2.75) is 199 Å². The van der Waals surface area contributed by atoms with E-state index in [4.69, 9.17) is 50.5 Å². The van der Waals surface area contributed by atoms with Gasteiger partial charge in [-0.1, -0.05) is 216 Å². The van der Waals surface area contributed by atoms with Gasteiger partial charge in [0.15, 0.2) is 0 Å². The molecule has 0 aliphatic carbocycles. The molecule has 0 radical (unpaired) electrons. The standard InChI is InChI=1S/C94H104N2S8/c1-9-17-45-101-71-53-63(83(97)29-13-5)49-67(57-71)95(68-50-64(84(98)30-14-6)54-72(58-68)102-46-18-10-2)81-43-41-79-89-75(81)37-27-39-77(89)91-87(61-33-23-21-24-34-61)94-80-42-44-82(76-38-28-40-78(90(76)80)92(94)88(93(79)91)62-35-25-22-26-36-62)96(69-51-65(85(99)31-15-7)55-73(59-69)103-47-19-11-3)70-52-66(86(100)32-16-8)56-74(60-70)104-48-20-12-4/h21-28,33-44,49-60,83-86,97-100H,9-20,29-32,45-48H2,1-8H3. The van der Waals surface area contributed by atoms with Gasteiger partial charge < -0.3 is 9.80 Å². The van der Waals surface area contributed by atoms with E-state index in [0.29, 0.717) is 0 Å². The summed E-state index contributed by atoms with van der Waals surface area (Å²) in [6, 6.07) is 76.6. The molecule has 104 heavy (non-hydrogen) atoms. The molecule has 0 spiro atoms. The number of anilines is 6. The average Bonchev–Trinajstić information content (AvgIpc) is 1.51. The van der Waals surface area contributed by atoms with Gasteiger partial charge in [0.2, 0.25) is 0 Å². The Balaban J connectivity index is 1.14. The zero-order valence-corrected chi connectivity index (χ0v) is 69.1. The minimum absolute atomic E-state index is 0.103. The Morgan fingerprint density at radius 2 is 0.538 bits per heavy atom. The first kappa shape index (κ1) is 76.5. The van der Waals surface area contributed by atoms with Crippen LogP contribution in [0.15, 0.2) is 214 Å². The molecule has 2 nitrogen and oxygen atoms in total. The first-order valence-corrected chi connectivity index (χ1v) is 44.9. The highest BCUT2D eigenvalue weighted by molar-refractivity contribution is 8.00. The van der Waals surface area contributed by atoms with Crippen LogP contribution >= 0.6 is 97.6 Å². The van der Waals surface area contributed by atoms with Gasteiger partial charge in [-0.05, 0) is 258 Å². The molecule has 0 aliphatic heterocycles. The Hall–Kier alpha value is -5.66. The molecule has 0 N–H and O–H groups in total. The molecule has 0 bridgehead atoms. The smallest absolute Gasteiger partial charge is 0.0540 e. The van der Waals surface area contributed by atoms with Gasteiger partial charge in [-0.2, -0.15) is 50.5 Å². The van der Waals surface area contributed by atoms with Crippen LogP contribution in [0.4, 0.5) is 34.1 Å². The van der Waals surface area contributed by atoms with Crippen LogP contribution in [0.2, 0.25) is 0 Å². The monoisotopic (exact) mass is 1520 g/mol. The largest absolute Gasteiger partial charge is 0.310 e. The summed E-state index contributed by atoms with van der Waals surface area (Å²) in [5.41, 5.74) is 17.1. The van der Waals surface area contributed by atoms with Crippen molar-refractivity contribution in [2.75, 3.05) is 32.8 Å². The molecule has 13 aromatic rings. The van der Waals surface area contributed by atoms with E-state index in [1.54, 1.807) is 0 Å². The highest BCUT2D eigenvalue weighted by Gasteiger charge is 2.32. The zero-order valence-electron chi connectivity index (χ0n) is 62.2. The van der Waals surface area contributed by atoms with E-state index in [0.717, 1.165) is 100 Å². The minimum Gasteiger partial charge on any atom is -0.310 e. The molecule has 0 saturated heterocycles. The fraction of sp³-hybridized carbons (Fsp3) is 0.340. The maximum absolute atomic E-state index is 5.40. The maximum Gasteiger partial charge on any atom is 0.0540 e. The van der Waals surface area contributed by atoms with E-state index in [-0.39, 0.29) is 21.0 Å². The molecule has 13 aromatic carbocycles. The van der Waals surface area contributed by atoms with E-state index < -0.39 is 0 Å². The van der Waals surface area contributed by atoms with Gasteiger partial charge in [0.05, 0.1) is 11.4 Å².